The maximum Gasteiger partial charge on any atom is 0.197 e. The molecule has 7 aromatic carbocycles. The third-order valence-corrected chi connectivity index (χ3v) is 14.3. The van der Waals surface area contributed by atoms with Crippen LogP contribution in [0.25, 0.3) is 33.4 Å². The highest BCUT2D eigenvalue weighted by Gasteiger charge is 2.45. The summed E-state index contributed by atoms with van der Waals surface area (Å²) in [7, 11) is 2.49. The first-order valence-electron chi connectivity index (χ1n) is 22.7. The van der Waals surface area contributed by atoms with Gasteiger partial charge in [-0.05, 0) is 134 Å². The molecule has 0 unspecified atom stereocenters. The molecule has 3 aliphatic rings. The van der Waals surface area contributed by atoms with Gasteiger partial charge in [-0.25, -0.2) is 0 Å². The van der Waals surface area contributed by atoms with Crippen molar-refractivity contribution in [3.63, 3.8) is 0 Å². The first-order valence-corrected chi connectivity index (χ1v) is 22.7. The van der Waals surface area contributed by atoms with E-state index in [0.29, 0.717) is 0 Å². The van der Waals surface area contributed by atoms with Crippen LogP contribution in [0.3, 0.4) is 0 Å². The summed E-state index contributed by atoms with van der Waals surface area (Å²) < 4.78 is 0. The Kier molecular flexibility index (Phi) is 9.66. The Labute approximate surface area is 365 Å². The molecule has 1 N–H and O–H groups in total. The molecule has 0 saturated carbocycles. The van der Waals surface area contributed by atoms with Crippen molar-refractivity contribution in [2.75, 3.05) is 10.2 Å². The lowest BCUT2D eigenvalue weighted by atomic mass is 9.55. The lowest BCUT2D eigenvalue weighted by molar-refractivity contribution is 0.331. The average molecular weight is 794 g/mol. The summed E-state index contributed by atoms with van der Waals surface area (Å²) in [5.74, 6) is 0. The Morgan fingerprint density at radius 1 is 0.541 bits per heavy atom. The van der Waals surface area contributed by atoms with Gasteiger partial charge in [0.05, 0.1) is 5.69 Å². The minimum absolute atomic E-state index is 0.102. The van der Waals surface area contributed by atoms with Crippen molar-refractivity contribution < 1.29 is 0 Å². The normalized spacial score (nSPS) is 16.1. The van der Waals surface area contributed by atoms with Crippen molar-refractivity contribution in [1.82, 2.24) is 0 Å². The Bertz CT molecular complexity index is 2740. The van der Waals surface area contributed by atoms with Crippen molar-refractivity contribution in [2.45, 2.75) is 103 Å². The van der Waals surface area contributed by atoms with E-state index in [2.05, 4.69) is 212 Å². The molecule has 2 aliphatic heterocycles. The van der Waals surface area contributed by atoms with Crippen LogP contribution in [0.1, 0.15) is 108 Å². The second-order valence-corrected chi connectivity index (χ2v) is 19.8. The van der Waals surface area contributed by atoms with Crippen LogP contribution in [0.15, 0.2) is 146 Å². The van der Waals surface area contributed by atoms with Crippen LogP contribution in [-0.2, 0) is 22.7 Å². The van der Waals surface area contributed by atoms with Gasteiger partial charge in [-0.2, -0.15) is 0 Å². The quantitative estimate of drug-likeness (QED) is 0.116. The number of hydrogen-bond acceptors (Lipinski definition) is 2. The van der Waals surface area contributed by atoms with E-state index in [0.717, 1.165) is 17.8 Å². The molecule has 2 heterocycles. The van der Waals surface area contributed by atoms with E-state index < -0.39 is 0 Å². The monoisotopic (exact) mass is 793 g/mol. The number of rotatable bonds is 9. The van der Waals surface area contributed by atoms with Crippen LogP contribution in [0.5, 0.6) is 0 Å². The molecular weight excluding hydrogens is 735 g/mol. The van der Waals surface area contributed by atoms with Gasteiger partial charge < -0.3 is 10.2 Å². The molecule has 61 heavy (non-hydrogen) atoms. The van der Waals surface area contributed by atoms with Gasteiger partial charge >= 0.3 is 0 Å². The predicted molar refractivity (Wildman–Crippen MR) is 263 cm³/mol. The standard InChI is InChI=1S/C58H58BN2/c1-8-9-12-20-38-31-45(44-25-17-18-28-51(44)60-43-34-41(39-21-13-10-14-22-39)33-42(35-43)40-23-15-11-16-24-40)54-53(32-38)61-52-37-48-47(56(2,3)29-30-57(48,4)5)36-49(52)58(6,7)46-26-19-27-50(59-54)55(46)61/h10-11,13-19,21-28,31-37,60H,8-9,12,20,29-30H2,1-7H3. The number of anilines is 5. The Morgan fingerprint density at radius 3 is 1.85 bits per heavy atom. The van der Waals surface area contributed by atoms with E-state index in [1.165, 1.54) is 121 Å². The fraction of sp³-hybridized carbons (Fsp3) is 0.276. The number of nitrogens with one attached hydrogen (secondary N) is 1. The van der Waals surface area contributed by atoms with Crippen molar-refractivity contribution in [3.05, 3.63) is 173 Å². The number of nitrogens with zero attached hydrogens (tertiary/aromatic N) is 1. The van der Waals surface area contributed by atoms with Gasteiger partial charge in [-0.15, -0.1) is 0 Å². The number of hydrogen-bond donors (Lipinski definition) is 1. The van der Waals surface area contributed by atoms with Gasteiger partial charge in [0.15, 0.2) is 7.28 Å². The van der Waals surface area contributed by atoms with Crippen LogP contribution in [-0.4, -0.2) is 7.28 Å². The summed E-state index contributed by atoms with van der Waals surface area (Å²) >= 11 is 0. The zero-order valence-electron chi connectivity index (χ0n) is 37.1. The summed E-state index contributed by atoms with van der Waals surface area (Å²) in [4.78, 5) is 2.68. The van der Waals surface area contributed by atoms with Crippen molar-refractivity contribution >= 4 is 46.6 Å². The summed E-state index contributed by atoms with van der Waals surface area (Å²) in [6, 6.07) is 54.6. The highest BCUT2D eigenvalue weighted by Crippen LogP contribution is 2.56. The fourth-order valence-electron chi connectivity index (χ4n) is 10.6. The van der Waals surface area contributed by atoms with Gasteiger partial charge in [0.1, 0.15) is 0 Å². The number of benzene rings is 7. The molecule has 0 atom stereocenters. The van der Waals surface area contributed by atoms with Gasteiger partial charge in [0, 0.05) is 33.7 Å². The van der Waals surface area contributed by atoms with E-state index in [1.54, 1.807) is 0 Å². The largest absolute Gasteiger partial charge is 0.355 e. The lowest BCUT2D eigenvalue weighted by Crippen LogP contribution is -2.46. The smallest absolute Gasteiger partial charge is 0.197 e. The van der Waals surface area contributed by atoms with Gasteiger partial charge in [-0.3, -0.25) is 0 Å². The summed E-state index contributed by atoms with van der Waals surface area (Å²) in [6.45, 7) is 17.1. The number of aryl methyl sites for hydroxylation is 1. The maximum atomic E-state index is 3.98. The zero-order chi connectivity index (χ0) is 42.1. The molecule has 10 rings (SSSR count). The molecule has 2 nitrogen and oxygen atoms in total. The van der Waals surface area contributed by atoms with E-state index in [9.17, 15) is 0 Å². The second kappa shape index (κ2) is 15.0. The van der Waals surface area contributed by atoms with Gasteiger partial charge in [0.2, 0.25) is 0 Å². The summed E-state index contributed by atoms with van der Waals surface area (Å²) in [5, 5.41) is 3.98. The highest BCUT2D eigenvalue weighted by atomic mass is 15.2. The van der Waals surface area contributed by atoms with Crippen molar-refractivity contribution in [2.24, 2.45) is 0 Å². The first kappa shape index (κ1) is 39.3. The molecule has 3 heteroatoms. The minimum atomic E-state index is -0.153. The molecule has 1 radical (unpaired) electrons. The topological polar surface area (TPSA) is 15.3 Å². The predicted octanol–water partition coefficient (Wildman–Crippen LogP) is 14.6. The third-order valence-electron chi connectivity index (χ3n) is 14.3. The molecule has 1 aliphatic carbocycles. The van der Waals surface area contributed by atoms with Crippen LogP contribution in [0.4, 0.5) is 28.4 Å². The fourth-order valence-corrected chi connectivity index (χ4v) is 10.6. The molecule has 0 fully saturated rings. The van der Waals surface area contributed by atoms with Crippen molar-refractivity contribution in [1.29, 1.82) is 0 Å². The van der Waals surface area contributed by atoms with Crippen LogP contribution >= 0.6 is 0 Å². The lowest BCUT2D eigenvalue weighted by Gasteiger charge is -2.49. The molecular formula is C58H58BN2. The average Bonchev–Trinajstić information content (AvgIpc) is 3.27. The van der Waals surface area contributed by atoms with Gasteiger partial charge in [-0.1, -0.05) is 176 Å². The van der Waals surface area contributed by atoms with Crippen LogP contribution in [0, 0.1) is 0 Å². The second-order valence-electron chi connectivity index (χ2n) is 19.8. The Balaban J connectivity index is 1.17. The van der Waals surface area contributed by atoms with E-state index in [4.69, 9.17) is 0 Å². The SMILES string of the molecule is CCCCCc1cc(-c2ccccc2Nc2cc(-c3ccccc3)cc(-c3ccccc3)c2)c2c(c1)N1c3cc4c(cc3C(C)(C)c3cccc(c31)[B]2)C(C)(C)CCC4(C)C. The van der Waals surface area contributed by atoms with Crippen LogP contribution < -0.4 is 21.1 Å². The highest BCUT2D eigenvalue weighted by molar-refractivity contribution is 6.73. The zero-order valence-corrected chi connectivity index (χ0v) is 37.1. The molecule has 0 bridgehead atoms. The summed E-state index contributed by atoms with van der Waals surface area (Å²) in [6.07, 6.45) is 7.05. The van der Waals surface area contributed by atoms with E-state index in [-0.39, 0.29) is 16.2 Å². The summed E-state index contributed by atoms with van der Waals surface area (Å²) in [5.41, 5.74) is 23.4. The molecule has 0 spiro atoms. The maximum absolute atomic E-state index is 3.98. The van der Waals surface area contributed by atoms with Crippen LogP contribution in [0.2, 0.25) is 0 Å². The first-order chi connectivity index (χ1) is 29.4. The number of para-hydroxylation sites is 2. The molecule has 0 aromatic heterocycles. The minimum Gasteiger partial charge on any atom is -0.355 e. The van der Waals surface area contributed by atoms with E-state index >= 15 is 0 Å². The van der Waals surface area contributed by atoms with E-state index in [1.807, 2.05) is 0 Å². The number of fused-ring (bicyclic) bond motifs is 5. The van der Waals surface area contributed by atoms with Crippen molar-refractivity contribution in [3.8, 4) is 33.4 Å². The third kappa shape index (κ3) is 6.82. The molecule has 7 aromatic rings. The Morgan fingerprint density at radius 2 is 1.18 bits per heavy atom. The number of unbranched alkanes of at least 4 members (excludes halogenated alkanes) is 2. The molecule has 0 amide bonds. The molecule has 303 valence electrons. The Hall–Kier alpha value is -5.80. The molecule has 0 saturated heterocycles. The van der Waals surface area contributed by atoms with Gasteiger partial charge in [0.25, 0.3) is 0 Å².